The van der Waals surface area contributed by atoms with Crippen molar-refractivity contribution in [2.75, 3.05) is 39.6 Å². The number of carbonyl (C=O) groups excluding carboxylic acids is 4. The Morgan fingerprint density at radius 3 is 0.806 bits per heavy atom. The van der Waals surface area contributed by atoms with Gasteiger partial charge in [-0.3, -0.25) is 37.3 Å². The van der Waals surface area contributed by atoms with E-state index in [0.29, 0.717) is 32.1 Å². The summed E-state index contributed by atoms with van der Waals surface area (Å²) in [5.74, 6) is -2.35. The van der Waals surface area contributed by atoms with E-state index in [1.807, 2.05) is 18.2 Å². The molecule has 2 unspecified atom stereocenters. The van der Waals surface area contributed by atoms with E-state index < -0.39 is 97.5 Å². The normalized spacial score (nSPS) is 14.8. The third-order valence-electron chi connectivity index (χ3n) is 16.3. The third-order valence-corrected chi connectivity index (χ3v) is 18.2. The Morgan fingerprint density at radius 1 is 0.269 bits per heavy atom. The van der Waals surface area contributed by atoms with E-state index in [1.54, 1.807) is 0 Å². The van der Waals surface area contributed by atoms with Crippen molar-refractivity contribution in [3.05, 3.63) is 182 Å². The highest BCUT2D eigenvalue weighted by molar-refractivity contribution is 7.47. The minimum absolute atomic E-state index is 0.0458. The zero-order valence-corrected chi connectivity index (χ0v) is 68.7. The number of unbranched alkanes of at least 4 members (excludes halogenated alkanes) is 19. The fourth-order valence-electron chi connectivity index (χ4n) is 10.2. The summed E-state index contributed by atoms with van der Waals surface area (Å²) in [6.07, 6.45) is 95.9. The molecular formula is C89H144O17P2. The highest BCUT2D eigenvalue weighted by atomic mass is 31.2. The predicted octanol–water partition coefficient (Wildman–Crippen LogP) is 24.3. The van der Waals surface area contributed by atoms with Gasteiger partial charge in [-0.2, -0.15) is 0 Å². The number of allylic oxidation sites excluding steroid dienone is 30. The van der Waals surface area contributed by atoms with Crippen molar-refractivity contribution in [2.24, 2.45) is 0 Å². The number of phosphoric ester groups is 2. The monoisotopic (exact) mass is 1550 g/mol. The summed E-state index contributed by atoms with van der Waals surface area (Å²) in [4.78, 5) is 73.1. The average molecular weight is 1550 g/mol. The van der Waals surface area contributed by atoms with Gasteiger partial charge < -0.3 is 33.8 Å². The number of aliphatic hydroxyl groups excluding tert-OH is 1. The van der Waals surface area contributed by atoms with Gasteiger partial charge in [0.15, 0.2) is 12.2 Å². The van der Waals surface area contributed by atoms with Gasteiger partial charge >= 0.3 is 39.5 Å². The van der Waals surface area contributed by atoms with Crippen molar-refractivity contribution in [1.29, 1.82) is 0 Å². The number of hydrogen-bond donors (Lipinski definition) is 3. The number of rotatable bonds is 75. The lowest BCUT2D eigenvalue weighted by molar-refractivity contribution is -0.161. The fourth-order valence-corrected chi connectivity index (χ4v) is 11.7. The molecule has 0 amide bonds. The topological polar surface area (TPSA) is 237 Å². The van der Waals surface area contributed by atoms with Gasteiger partial charge in [0.2, 0.25) is 0 Å². The van der Waals surface area contributed by atoms with Crippen LogP contribution >= 0.6 is 15.6 Å². The van der Waals surface area contributed by atoms with Crippen molar-refractivity contribution in [3.8, 4) is 0 Å². The minimum Gasteiger partial charge on any atom is -0.462 e. The van der Waals surface area contributed by atoms with Crippen LogP contribution in [0.1, 0.15) is 297 Å². The molecule has 0 aromatic carbocycles. The zero-order valence-electron chi connectivity index (χ0n) is 66.9. The number of ether oxygens (including phenoxy) is 4. The molecule has 0 aliphatic carbocycles. The first kappa shape index (κ1) is 102. The Kier molecular flexibility index (Phi) is 75.0. The highest BCUT2D eigenvalue weighted by Crippen LogP contribution is 2.45. The summed E-state index contributed by atoms with van der Waals surface area (Å²) in [5, 5.41) is 10.7. The van der Waals surface area contributed by atoms with Gasteiger partial charge in [-0.05, 0) is 173 Å². The molecule has 612 valence electrons. The Balaban J connectivity index is 5.52. The molecule has 19 heteroatoms. The van der Waals surface area contributed by atoms with Crippen molar-refractivity contribution >= 4 is 39.5 Å². The lowest BCUT2D eigenvalue weighted by Gasteiger charge is -2.21. The summed E-state index contributed by atoms with van der Waals surface area (Å²) in [5.41, 5.74) is 0. The van der Waals surface area contributed by atoms with Crippen molar-refractivity contribution < 1.29 is 80.2 Å². The van der Waals surface area contributed by atoms with Gasteiger partial charge in [-0.1, -0.05) is 281 Å². The molecule has 0 rings (SSSR count). The van der Waals surface area contributed by atoms with E-state index in [0.717, 1.165) is 173 Å². The van der Waals surface area contributed by atoms with E-state index in [4.69, 9.17) is 37.0 Å². The van der Waals surface area contributed by atoms with Gasteiger partial charge in [0.1, 0.15) is 19.3 Å². The first-order valence-corrected chi connectivity index (χ1v) is 44.0. The molecule has 0 fully saturated rings. The average Bonchev–Trinajstić information content (AvgIpc) is 0.900. The maximum absolute atomic E-state index is 13.1. The largest absolute Gasteiger partial charge is 0.472 e. The van der Waals surface area contributed by atoms with E-state index in [9.17, 15) is 43.2 Å². The maximum atomic E-state index is 13.1. The molecule has 0 aliphatic rings. The smallest absolute Gasteiger partial charge is 0.462 e. The molecule has 0 aromatic heterocycles. The van der Waals surface area contributed by atoms with Crippen LogP contribution in [-0.4, -0.2) is 96.7 Å². The van der Waals surface area contributed by atoms with Crippen LogP contribution in [0.4, 0.5) is 0 Å². The quantitative estimate of drug-likeness (QED) is 0.0169. The Bertz CT molecular complexity index is 2760. The molecular weight excluding hydrogens is 1400 g/mol. The molecule has 0 spiro atoms. The molecule has 17 nitrogen and oxygen atoms in total. The Labute approximate surface area is 654 Å². The van der Waals surface area contributed by atoms with Gasteiger partial charge in [-0.15, -0.1) is 0 Å². The van der Waals surface area contributed by atoms with Crippen LogP contribution in [0.3, 0.4) is 0 Å². The van der Waals surface area contributed by atoms with E-state index in [-0.39, 0.29) is 25.7 Å². The zero-order chi connectivity index (χ0) is 78.9. The fraction of sp³-hybridized carbons (Fsp3) is 0.618. The molecule has 0 aliphatic heterocycles. The van der Waals surface area contributed by atoms with Crippen LogP contribution in [0.25, 0.3) is 0 Å². The standard InChI is InChI=1S/C89H144O17P2/c1-5-9-13-17-21-25-29-33-37-39-41-43-47-50-54-58-62-66-70-74-87(92)100-80-85(106-89(94)76-72-68-64-60-56-52-48-44-42-40-38-34-30-26-22-18-14-10-6-2)82-104-108(97,98)102-78-83(90)77-101-107(95,96)103-81-84(105-88(93)75-71-67-63-59-55-51-46-36-32-28-24-20-16-12-8-4)79-99-86(91)73-69-65-61-57-53-49-45-35-31-27-23-19-15-11-7-3/h9-10,13-14,21-28,33-38,41-46,50,52,54,56,64,68,83-85,90H,5-8,11-12,15-20,29-32,39-40,47-49,51,53,55,57-63,65-67,69-82H2,1-4H3,(H,95,96)(H,97,98)/b13-9-,14-10-,25-21-,26-22-,27-23-,28-24-,37-33-,38-34-,43-41-,44-42-,45-35-,46-36-,54-50-,56-52-,68-64-/t83-,84+,85+/m0/s1. The van der Waals surface area contributed by atoms with Crippen LogP contribution < -0.4 is 0 Å². The van der Waals surface area contributed by atoms with Crippen molar-refractivity contribution in [1.82, 2.24) is 0 Å². The highest BCUT2D eigenvalue weighted by Gasteiger charge is 2.30. The second kappa shape index (κ2) is 79.3. The van der Waals surface area contributed by atoms with Crippen molar-refractivity contribution in [2.45, 2.75) is 316 Å². The molecule has 3 N–H and O–H groups in total. The Morgan fingerprint density at radius 2 is 0.500 bits per heavy atom. The molecule has 0 radical (unpaired) electrons. The second-order valence-corrected chi connectivity index (χ2v) is 29.5. The lowest BCUT2D eigenvalue weighted by Crippen LogP contribution is -2.30. The molecule has 0 saturated carbocycles. The van der Waals surface area contributed by atoms with E-state index in [1.165, 1.54) is 38.5 Å². The van der Waals surface area contributed by atoms with Gasteiger partial charge in [-0.25, -0.2) is 9.13 Å². The predicted molar refractivity (Wildman–Crippen MR) is 445 cm³/mol. The second-order valence-electron chi connectivity index (χ2n) is 26.6. The summed E-state index contributed by atoms with van der Waals surface area (Å²) in [6, 6.07) is 0. The summed E-state index contributed by atoms with van der Waals surface area (Å²) < 4.78 is 68.6. The number of aliphatic hydroxyl groups is 1. The summed E-state index contributed by atoms with van der Waals surface area (Å²) >= 11 is 0. The van der Waals surface area contributed by atoms with Crippen LogP contribution in [0.15, 0.2) is 182 Å². The third kappa shape index (κ3) is 78.3. The van der Waals surface area contributed by atoms with Crippen LogP contribution in [0.5, 0.6) is 0 Å². The SMILES string of the molecule is CC/C=C\C/C=C\C/C=C\C/C=C\C/C=C\C/C=C\CCC(=O)O[C@H](COC(=O)CCCCC/C=C\C/C=C\C/C=C\C/C=C\C/C=C\CC)COP(=O)(O)OC[C@@H](O)COP(=O)(O)OC[C@@H](COC(=O)CCCCCCC/C=C\C/C=C\CCCCC)OC(=O)CCCCCCC/C=C\C/C=C\CCCCC. The maximum Gasteiger partial charge on any atom is 0.472 e. The molecule has 0 heterocycles. The molecule has 0 saturated heterocycles. The number of hydrogen-bond acceptors (Lipinski definition) is 15. The number of phosphoric acid groups is 2. The first-order chi connectivity index (χ1) is 52.7. The molecule has 0 bridgehead atoms. The van der Waals surface area contributed by atoms with Crippen molar-refractivity contribution in [3.63, 3.8) is 0 Å². The summed E-state index contributed by atoms with van der Waals surface area (Å²) in [7, 11) is -10.0. The summed E-state index contributed by atoms with van der Waals surface area (Å²) in [6.45, 7) is 4.43. The van der Waals surface area contributed by atoms with Crippen LogP contribution in [0, 0.1) is 0 Å². The molecule has 0 aromatic rings. The minimum atomic E-state index is -5.02. The van der Waals surface area contributed by atoms with Crippen LogP contribution in [-0.2, 0) is 65.4 Å². The molecule has 108 heavy (non-hydrogen) atoms. The first-order valence-electron chi connectivity index (χ1n) is 41.0. The van der Waals surface area contributed by atoms with Gasteiger partial charge in [0.05, 0.1) is 26.4 Å². The number of esters is 4. The number of carbonyl (C=O) groups is 4. The molecule has 5 atom stereocenters. The van der Waals surface area contributed by atoms with Gasteiger partial charge in [0.25, 0.3) is 0 Å². The Hall–Kier alpha value is -5.84. The van der Waals surface area contributed by atoms with E-state index >= 15 is 0 Å². The van der Waals surface area contributed by atoms with E-state index in [2.05, 4.69) is 192 Å². The van der Waals surface area contributed by atoms with Gasteiger partial charge in [0, 0.05) is 25.7 Å². The lowest BCUT2D eigenvalue weighted by atomic mass is 10.1. The van der Waals surface area contributed by atoms with Crippen LogP contribution in [0.2, 0.25) is 0 Å².